The first-order valence-electron chi connectivity index (χ1n) is 5.96. The van der Waals surface area contributed by atoms with Crippen LogP contribution in [0.3, 0.4) is 0 Å². The van der Waals surface area contributed by atoms with Crippen molar-refractivity contribution in [1.29, 1.82) is 0 Å². The Hall–Kier alpha value is -1.23. The molecule has 2 aromatic heterocycles. The molecule has 0 radical (unpaired) electrons. The van der Waals surface area contributed by atoms with Gasteiger partial charge in [-0.2, -0.15) is 0 Å². The average Bonchev–Trinajstić information content (AvgIpc) is 3.04. The van der Waals surface area contributed by atoms with Crippen molar-refractivity contribution in [3.63, 3.8) is 0 Å². The van der Waals surface area contributed by atoms with Gasteiger partial charge < -0.3 is 5.32 Å². The summed E-state index contributed by atoms with van der Waals surface area (Å²) in [5, 5.41) is 9.23. The van der Waals surface area contributed by atoms with Crippen LogP contribution in [0.1, 0.15) is 11.3 Å². The second kappa shape index (κ2) is 5.61. The van der Waals surface area contributed by atoms with Gasteiger partial charge in [0.2, 0.25) is 0 Å². The van der Waals surface area contributed by atoms with E-state index in [4.69, 9.17) is 0 Å². The van der Waals surface area contributed by atoms with Crippen molar-refractivity contribution < 1.29 is 0 Å². The molecule has 0 aliphatic carbocycles. The van der Waals surface area contributed by atoms with Crippen LogP contribution in [0.4, 0.5) is 0 Å². The summed E-state index contributed by atoms with van der Waals surface area (Å²) in [5.41, 5.74) is 4.47. The third-order valence-electron chi connectivity index (χ3n) is 2.92. The Kier molecular flexibility index (Phi) is 3.69. The summed E-state index contributed by atoms with van der Waals surface area (Å²) >= 11 is 3.48. The molecule has 0 amide bonds. The molecule has 4 heteroatoms. The predicted molar refractivity (Wildman–Crippen MR) is 79.3 cm³/mol. The van der Waals surface area contributed by atoms with Gasteiger partial charge in [0, 0.05) is 29.6 Å². The number of fused-ring (bicyclic) bond motifs is 1. The van der Waals surface area contributed by atoms with E-state index in [1.807, 2.05) is 16.8 Å². The van der Waals surface area contributed by atoms with Crippen molar-refractivity contribution in [2.45, 2.75) is 13.0 Å². The Morgan fingerprint density at radius 3 is 3.00 bits per heavy atom. The molecule has 1 aromatic carbocycles. The van der Waals surface area contributed by atoms with Crippen LogP contribution >= 0.6 is 22.7 Å². The van der Waals surface area contributed by atoms with Crippen molar-refractivity contribution in [1.82, 2.24) is 10.3 Å². The van der Waals surface area contributed by atoms with E-state index in [1.54, 1.807) is 11.3 Å². The van der Waals surface area contributed by atoms with Gasteiger partial charge in [-0.05, 0) is 22.4 Å². The molecule has 3 rings (SSSR count). The van der Waals surface area contributed by atoms with Crippen LogP contribution in [0.5, 0.6) is 0 Å². The van der Waals surface area contributed by atoms with Gasteiger partial charge in [0.25, 0.3) is 0 Å². The topological polar surface area (TPSA) is 24.9 Å². The van der Waals surface area contributed by atoms with Crippen molar-refractivity contribution in [2.24, 2.45) is 0 Å². The molecule has 0 aliphatic rings. The van der Waals surface area contributed by atoms with Crippen LogP contribution in [0.2, 0.25) is 0 Å². The molecule has 18 heavy (non-hydrogen) atoms. The van der Waals surface area contributed by atoms with Gasteiger partial charge in [0.05, 0.1) is 11.2 Å². The first kappa shape index (κ1) is 11.8. The number of rotatable bonds is 5. The van der Waals surface area contributed by atoms with E-state index in [2.05, 4.69) is 45.3 Å². The maximum Gasteiger partial charge on any atom is 0.0794 e. The molecule has 0 bridgehead atoms. The fraction of sp³-hybridized carbons (Fsp3) is 0.214. The molecule has 92 valence electrons. The summed E-state index contributed by atoms with van der Waals surface area (Å²) in [7, 11) is 0. The van der Waals surface area contributed by atoms with Crippen LogP contribution in [0.15, 0.2) is 40.5 Å². The first-order valence-corrected chi connectivity index (χ1v) is 7.78. The number of benzene rings is 1. The molecule has 3 aromatic rings. The Bertz CT molecular complexity index is 614. The minimum Gasteiger partial charge on any atom is -0.312 e. The van der Waals surface area contributed by atoms with Crippen LogP contribution < -0.4 is 5.32 Å². The van der Waals surface area contributed by atoms with Gasteiger partial charge in [-0.1, -0.05) is 18.2 Å². The lowest BCUT2D eigenvalue weighted by Gasteiger charge is -2.02. The van der Waals surface area contributed by atoms with Gasteiger partial charge in [0.1, 0.15) is 0 Å². The highest BCUT2D eigenvalue weighted by Crippen LogP contribution is 2.25. The normalized spacial score (nSPS) is 11.1. The Morgan fingerprint density at radius 2 is 2.11 bits per heavy atom. The van der Waals surface area contributed by atoms with Crippen LogP contribution in [0, 0.1) is 0 Å². The van der Waals surface area contributed by atoms with Gasteiger partial charge in [-0.3, -0.25) is 0 Å². The van der Waals surface area contributed by atoms with Gasteiger partial charge in [-0.15, -0.1) is 22.7 Å². The first-order chi connectivity index (χ1) is 8.93. The zero-order chi connectivity index (χ0) is 12.2. The van der Waals surface area contributed by atoms with Crippen molar-refractivity contribution in [3.8, 4) is 0 Å². The Labute approximate surface area is 114 Å². The number of thiazole rings is 1. The second-order valence-corrected chi connectivity index (χ2v) is 5.79. The third-order valence-corrected chi connectivity index (χ3v) is 4.57. The SMILES string of the molecule is c1ccc2c(CNCCc3cscn3)csc2c1. The lowest BCUT2D eigenvalue weighted by atomic mass is 10.2. The van der Waals surface area contributed by atoms with E-state index < -0.39 is 0 Å². The number of hydrogen-bond donors (Lipinski definition) is 1. The maximum atomic E-state index is 4.28. The van der Waals surface area contributed by atoms with Gasteiger partial charge in [0.15, 0.2) is 0 Å². The van der Waals surface area contributed by atoms with E-state index in [0.717, 1.165) is 19.5 Å². The molecule has 0 unspecified atom stereocenters. The van der Waals surface area contributed by atoms with E-state index in [-0.39, 0.29) is 0 Å². The van der Waals surface area contributed by atoms with E-state index in [1.165, 1.54) is 21.3 Å². The fourth-order valence-electron chi connectivity index (χ4n) is 1.97. The summed E-state index contributed by atoms with van der Waals surface area (Å²) < 4.78 is 1.37. The number of aromatic nitrogens is 1. The van der Waals surface area contributed by atoms with E-state index in [9.17, 15) is 0 Å². The number of hydrogen-bond acceptors (Lipinski definition) is 4. The van der Waals surface area contributed by atoms with Crippen LogP contribution in [-0.4, -0.2) is 11.5 Å². The van der Waals surface area contributed by atoms with E-state index in [0.29, 0.717) is 0 Å². The standard InChI is InChI=1S/C14H14N2S2/c1-2-4-14-13(3-1)11(8-18-14)7-15-6-5-12-9-17-10-16-12/h1-4,8-10,15H,5-7H2. The minimum atomic E-state index is 0.939. The molecule has 0 aliphatic heterocycles. The Morgan fingerprint density at radius 1 is 1.17 bits per heavy atom. The molecule has 0 saturated carbocycles. The molecule has 0 spiro atoms. The Balaban J connectivity index is 1.57. The summed E-state index contributed by atoms with van der Waals surface area (Å²) in [5.74, 6) is 0. The molecule has 2 heterocycles. The largest absolute Gasteiger partial charge is 0.312 e. The zero-order valence-corrected chi connectivity index (χ0v) is 11.6. The third kappa shape index (κ3) is 2.61. The minimum absolute atomic E-state index is 0.939. The summed E-state index contributed by atoms with van der Waals surface area (Å²) in [6, 6.07) is 8.58. The van der Waals surface area contributed by atoms with E-state index >= 15 is 0 Å². The number of thiophene rings is 1. The second-order valence-electron chi connectivity index (χ2n) is 4.16. The smallest absolute Gasteiger partial charge is 0.0794 e. The summed E-state index contributed by atoms with van der Waals surface area (Å²) in [6.07, 6.45) is 1.01. The highest BCUT2D eigenvalue weighted by Gasteiger charge is 2.02. The molecule has 2 nitrogen and oxygen atoms in total. The van der Waals surface area contributed by atoms with Crippen molar-refractivity contribution >= 4 is 32.8 Å². The highest BCUT2D eigenvalue weighted by atomic mass is 32.1. The molecular weight excluding hydrogens is 260 g/mol. The molecule has 0 fully saturated rings. The van der Waals surface area contributed by atoms with Crippen LogP contribution in [-0.2, 0) is 13.0 Å². The lowest BCUT2D eigenvalue weighted by molar-refractivity contribution is 0.685. The van der Waals surface area contributed by atoms with Crippen molar-refractivity contribution in [2.75, 3.05) is 6.54 Å². The number of nitrogens with zero attached hydrogens (tertiary/aromatic N) is 1. The average molecular weight is 274 g/mol. The molecule has 0 saturated heterocycles. The zero-order valence-electron chi connectivity index (χ0n) is 9.93. The van der Waals surface area contributed by atoms with Crippen molar-refractivity contribution in [3.05, 3.63) is 51.8 Å². The monoisotopic (exact) mass is 274 g/mol. The molecule has 1 N–H and O–H groups in total. The van der Waals surface area contributed by atoms with Gasteiger partial charge >= 0.3 is 0 Å². The fourth-order valence-corrected chi connectivity index (χ4v) is 3.53. The van der Waals surface area contributed by atoms with Gasteiger partial charge in [-0.25, -0.2) is 4.98 Å². The van der Waals surface area contributed by atoms with Crippen LogP contribution in [0.25, 0.3) is 10.1 Å². The lowest BCUT2D eigenvalue weighted by Crippen LogP contribution is -2.16. The molecule has 0 atom stereocenters. The predicted octanol–water partition coefficient (Wildman–Crippen LogP) is 3.69. The highest BCUT2D eigenvalue weighted by molar-refractivity contribution is 7.17. The quantitative estimate of drug-likeness (QED) is 0.718. The maximum absolute atomic E-state index is 4.28. The molecular formula is C14H14N2S2. The number of nitrogens with one attached hydrogen (secondary N) is 1. The summed E-state index contributed by atoms with van der Waals surface area (Å²) in [4.78, 5) is 4.28. The summed E-state index contributed by atoms with van der Waals surface area (Å²) in [6.45, 7) is 1.92.